The number of carbonyl (C=O) groups is 2. The van der Waals surface area contributed by atoms with Crippen LogP contribution in [0, 0.1) is 5.92 Å². The summed E-state index contributed by atoms with van der Waals surface area (Å²) in [6, 6.07) is 0. The Hall–Kier alpha value is -1.10. The van der Waals surface area contributed by atoms with E-state index in [1.54, 1.807) is 6.92 Å². The van der Waals surface area contributed by atoms with E-state index in [2.05, 4.69) is 5.32 Å². The number of aliphatic hydroxyl groups is 1. The van der Waals surface area contributed by atoms with Gasteiger partial charge in [-0.05, 0) is 0 Å². The van der Waals surface area contributed by atoms with Gasteiger partial charge >= 0.3 is 5.97 Å². The maximum Gasteiger partial charge on any atom is 0.332 e. The average Bonchev–Trinajstić information content (AvgIpc) is 2.26. The van der Waals surface area contributed by atoms with Crippen LogP contribution in [0.1, 0.15) is 13.3 Å². The van der Waals surface area contributed by atoms with E-state index in [-0.39, 0.29) is 18.2 Å². The molecule has 0 aromatic heterocycles. The van der Waals surface area contributed by atoms with Crippen LogP contribution in [0.5, 0.6) is 0 Å². The van der Waals surface area contributed by atoms with E-state index in [0.717, 1.165) is 0 Å². The van der Waals surface area contributed by atoms with Crippen LogP contribution < -0.4 is 5.32 Å². The summed E-state index contributed by atoms with van der Waals surface area (Å²) in [6.07, 6.45) is 0.160. The third-order valence-electron chi connectivity index (χ3n) is 2.33. The molecule has 1 saturated heterocycles. The summed E-state index contributed by atoms with van der Waals surface area (Å²) in [6.45, 7) is 1.07. The second kappa shape index (κ2) is 2.75. The Morgan fingerprint density at radius 3 is 2.58 bits per heavy atom. The van der Waals surface area contributed by atoms with Crippen molar-refractivity contribution in [1.82, 2.24) is 5.32 Å². The van der Waals surface area contributed by atoms with Crippen LogP contribution in [0.3, 0.4) is 0 Å². The molecule has 5 nitrogen and oxygen atoms in total. The van der Waals surface area contributed by atoms with Crippen LogP contribution >= 0.6 is 0 Å². The molecular weight excluding hydrogens is 162 g/mol. The number of aliphatic hydroxyl groups excluding tert-OH is 1. The Morgan fingerprint density at radius 2 is 2.42 bits per heavy atom. The molecule has 68 valence electrons. The van der Waals surface area contributed by atoms with Gasteiger partial charge in [0.05, 0.1) is 6.61 Å². The van der Waals surface area contributed by atoms with E-state index in [0.29, 0.717) is 0 Å². The molecule has 2 atom stereocenters. The Labute approximate surface area is 69.4 Å². The van der Waals surface area contributed by atoms with E-state index < -0.39 is 18.1 Å². The minimum absolute atomic E-state index is 0.160. The predicted octanol–water partition coefficient (Wildman–Crippen LogP) is -1.04. The van der Waals surface area contributed by atoms with Gasteiger partial charge in [-0.25, -0.2) is 4.79 Å². The first-order chi connectivity index (χ1) is 5.53. The molecule has 3 N–H and O–H groups in total. The molecule has 0 saturated carbocycles. The smallest absolute Gasteiger partial charge is 0.332 e. The van der Waals surface area contributed by atoms with Gasteiger partial charge in [0, 0.05) is 12.3 Å². The number of hydrogen-bond donors (Lipinski definition) is 3. The molecule has 12 heavy (non-hydrogen) atoms. The quantitative estimate of drug-likeness (QED) is 0.497. The SMILES string of the molecule is C[C@@H]1CC(=O)NC1(CO)C(=O)O. The molecule has 1 amide bonds. The fourth-order valence-corrected chi connectivity index (χ4v) is 1.40. The number of hydrogen-bond acceptors (Lipinski definition) is 3. The zero-order valence-electron chi connectivity index (χ0n) is 6.70. The summed E-state index contributed by atoms with van der Waals surface area (Å²) >= 11 is 0. The lowest BCUT2D eigenvalue weighted by Crippen LogP contribution is -2.55. The highest BCUT2D eigenvalue weighted by Crippen LogP contribution is 2.26. The van der Waals surface area contributed by atoms with Gasteiger partial charge in [-0.3, -0.25) is 4.79 Å². The number of carboxylic acid groups (broad SMARTS) is 1. The molecule has 1 fully saturated rings. The highest BCUT2D eigenvalue weighted by molar-refractivity contribution is 5.91. The van der Waals surface area contributed by atoms with Crippen molar-refractivity contribution in [3.63, 3.8) is 0 Å². The molecule has 1 unspecified atom stereocenters. The van der Waals surface area contributed by atoms with Crippen molar-refractivity contribution < 1.29 is 19.8 Å². The second-order valence-corrected chi connectivity index (χ2v) is 3.09. The first-order valence-electron chi connectivity index (χ1n) is 3.68. The monoisotopic (exact) mass is 173 g/mol. The van der Waals surface area contributed by atoms with Crippen LogP contribution in [0.25, 0.3) is 0 Å². The van der Waals surface area contributed by atoms with Gasteiger partial charge < -0.3 is 15.5 Å². The van der Waals surface area contributed by atoms with Crippen molar-refractivity contribution >= 4 is 11.9 Å². The lowest BCUT2D eigenvalue weighted by Gasteiger charge is -2.25. The molecule has 0 spiro atoms. The molecule has 0 aromatic carbocycles. The molecule has 1 rings (SSSR count). The van der Waals surface area contributed by atoms with Gasteiger partial charge in [0.15, 0.2) is 5.54 Å². The largest absolute Gasteiger partial charge is 0.479 e. The van der Waals surface area contributed by atoms with Gasteiger partial charge in [-0.15, -0.1) is 0 Å². The summed E-state index contributed by atoms with van der Waals surface area (Å²) < 4.78 is 0. The van der Waals surface area contributed by atoms with Crippen molar-refractivity contribution in [2.45, 2.75) is 18.9 Å². The maximum atomic E-state index is 10.8. The predicted molar refractivity (Wildman–Crippen MR) is 39.4 cm³/mol. The minimum atomic E-state index is -1.46. The van der Waals surface area contributed by atoms with Crippen LogP contribution in [0.4, 0.5) is 0 Å². The van der Waals surface area contributed by atoms with Crippen molar-refractivity contribution in [3.05, 3.63) is 0 Å². The fourth-order valence-electron chi connectivity index (χ4n) is 1.40. The summed E-state index contributed by atoms with van der Waals surface area (Å²) in [5, 5.41) is 19.9. The number of aliphatic carboxylic acids is 1. The third-order valence-corrected chi connectivity index (χ3v) is 2.33. The molecular formula is C7H11NO4. The standard InChI is InChI=1S/C7H11NO4/c1-4-2-5(10)8-7(4,3-9)6(11)12/h4,9H,2-3H2,1H3,(H,8,10)(H,11,12)/t4-,7?/m1/s1. The molecule has 0 aliphatic carbocycles. The van der Waals surface area contributed by atoms with Crippen LogP contribution in [0.2, 0.25) is 0 Å². The molecule has 1 aliphatic heterocycles. The van der Waals surface area contributed by atoms with Gasteiger partial charge in [-0.2, -0.15) is 0 Å². The molecule has 1 heterocycles. The molecule has 1 aliphatic rings. The fraction of sp³-hybridized carbons (Fsp3) is 0.714. The summed E-state index contributed by atoms with van der Waals surface area (Å²) in [5.41, 5.74) is -1.46. The third kappa shape index (κ3) is 1.06. The summed E-state index contributed by atoms with van der Waals surface area (Å²) in [5.74, 6) is -1.87. The van der Waals surface area contributed by atoms with E-state index >= 15 is 0 Å². The van der Waals surface area contributed by atoms with Crippen molar-refractivity contribution in [2.75, 3.05) is 6.61 Å². The zero-order chi connectivity index (χ0) is 9.35. The Bertz CT molecular complexity index is 227. The number of rotatable bonds is 2. The number of carbonyl (C=O) groups excluding carboxylic acids is 1. The first kappa shape index (κ1) is 8.99. The Balaban J connectivity index is 2.94. The lowest BCUT2D eigenvalue weighted by atomic mass is 9.88. The molecule has 5 heteroatoms. The molecule has 0 aromatic rings. The van der Waals surface area contributed by atoms with Crippen LogP contribution in [-0.2, 0) is 9.59 Å². The van der Waals surface area contributed by atoms with Crippen molar-refractivity contribution in [3.8, 4) is 0 Å². The van der Waals surface area contributed by atoms with E-state index in [4.69, 9.17) is 10.2 Å². The number of amides is 1. The number of carboxylic acids is 1. The topological polar surface area (TPSA) is 86.6 Å². The van der Waals surface area contributed by atoms with Crippen molar-refractivity contribution in [1.29, 1.82) is 0 Å². The summed E-state index contributed by atoms with van der Waals surface area (Å²) in [4.78, 5) is 21.6. The van der Waals surface area contributed by atoms with Gasteiger partial charge in [0.25, 0.3) is 0 Å². The van der Waals surface area contributed by atoms with Gasteiger partial charge in [0.1, 0.15) is 0 Å². The second-order valence-electron chi connectivity index (χ2n) is 3.09. The highest BCUT2D eigenvalue weighted by Gasteiger charge is 2.50. The maximum absolute atomic E-state index is 10.8. The Kier molecular flexibility index (Phi) is 2.06. The summed E-state index contributed by atoms with van der Waals surface area (Å²) in [7, 11) is 0. The van der Waals surface area contributed by atoms with Gasteiger partial charge in [0.2, 0.25) is 5.91 Å². The molecule has 0 bridgehead atoms. The van der Waals surface area contributed by atoms with Crippen LogP contribution in [0.15, 0.2) is 0 Å². The number of nitrogens with one attached hydrogen (secondary N) is 1. The normalized spacial score (nSPS) is 34.8. The minimum Gasteiger partial charge on any atom is -0.479 e. The van der Waals surface area contributed by atoms with Gasteiger partial charge in [-0.1, -0.05) is 6.92 Å². The van der Waals surface area contributed by atoms with Crippen LogP contribution in [-0.4, -0.2) is 34.2 Å². The lowest BCUT2D eigenvalue weighted by molar-refractivity contribution is -0.148. The molecule has 0 radical (unpaired) electrons. The first-order valence-corrected chi connectivity index (χ1v) is 3.68. The van der Waals surface area contributed by atoms with E-state index in [1.807, 2.05) is 0 Å². The zero-order valence-corrected chi connectivity index (χ0v) is 6.70. The highest BCUT2D eigenvalue weighted by atomic mass is 16.4. The average molecular weight is 173 g/mol. The van der Waals surface area contributed by atoms with Crippen molar-refractivity contribution in [2.24, 2.45) is 5.92 Å². The Morgan fingerprint density at radius 1 is 1.83 bits per heavy atom. The van der Waals surface area contributed by atoms with E-state index in [1.165, 1.54) is 0 Å². The van der Waals surface area contributed by atoms with E-state index in [9.17, 15) is 9.59 Å².